The summed E-state index contributed by atoms with van der Waals surface area (Å²) in [5.74, 6) is -1.37. The molecule has 2 rings (SSSR count). The van der Waals surface area contributed by atoms with Crippen molar-refractivity contribution in [1.82, 2.24) is 5.32 Å². The lowest BCUT2D eigenvalue weighted by molar-refractivity contribution is -0.139. The van der Waals surface area contributed by atoms with Crippen molar-refractivity contribution >= 4 is 12.1 Å². The quantitative estimate of drug-likeness (QED) is 0.793. The molecule has 0 fully saturated rings. The first-order valence-electron chi connectivity index (χ1n) is 8.38. The van der Waals surface area contributed by atoms with E-state index in [1.807, 2.05) is 0 Å². The highest BCUT2D eigenvalue weighted by atomic mass is 19.1. The molecule has 27 heavy (non-hydrogen) atoms. The molecule has 0 aliphatic rings. The first-order chi connectivity index (χ1) is 12.6. The normalized spacial score (nSPS) is 12.1. The van der Waals surface area contributed by atoms with E-state index in [4.69, 9.17) is 9.47 Å². The first-order valence-corrected chi connectivity index (χ1v) is 8.38. The van der Waals surface area contributed by atoms with Crippen LogP contribution in [-0.4, -0.2) is 28.8 Å². The van der Waals surface area contributed by atoms with E-state index in [1.165, 1.54) is 18.2 Å². The van der Waals surface area contributed by atoms with E-state index in [-0.39, 0.29) is 12.2 Å². The standard InChI is InChI=1S/C20H22FNO5/c1-20(2,3)27-19(25)22-16(18(23)24)11-13-9-10-15(21)17(12-13)26-14-7-5-4-6-8-14/h4-10,12,16H,11H2,1-3H3,(H,22,25)(H,23,24). The molecule has 0 spiro atoms. The Morgan fingerprint density at radius 3 is 2.41 bits per heavy atom. The SMILES string of the molecule is CC(C)(C)OC(=O)NC(Cc1ccc(F)c(Oc2ccccc2)c1)C(=O)O. The number of ether oxygens (including phenoxy) is 2. The number of amides is 1. The Labute approximate surface area is 156 Å². The van der Waals surface area contributed by atoms with Crippen LogP contribution in [0.2, 0.25) is 0 Å². The third kappa shape index (κ3) is 6.62. The average molecular weight is 375 g/mol. The van der Waals surface area contributed by atoms with E-state index in [2.05, 4.69) is 5.32 Å². The maximum absolute atomic E-state index is 14.0. The molecule has 0 bridgehead atoms. The number of carboxylic acid groups (broad SMARTS) is 1. The van der Waals surface area contributed by atoms with E-state index < -0.39 is 29.5 Å². The Morgan fingerprint density at radius 1 is 1.15 bits per heavy atom. The maximum atomic E-state index is 14.0. The second kappa shape index (κ2) is 8.53. The van der Waals surface area contributed by atoms with Crippen molar-refractivity contribution in [3.8, 4) is 11.5 Å². The van der Waals surface area contributed by atoms with Crippen molar-refractivity contribution in [3.63, 3.8) is 0 Å². The molecule has 2 aromatic carbocycles. The second-order valence-electron chi connectivity index (χ2n) is 6.92. The predicted octanol–water partition coefficient (Wildman–Crippen LogP) is 4.14. The van der Waals surface area contributed by atoms with E-state index in [9.17, 15) is 19.1 Å². The molecule has 2 N–H and O–H groups in total. The largest absolute Gasteiger partial charge is 0.480 e. The zero-order valence-electron chi connectivity index (χ0n) is 15.4. The number of rotatable bonds is 6. The molecule has 6 nitrogen and oxygen atoms in total. The lowest BCUT2D eigenvalue weighted by atomic mass is 10.1. The first kappa shape index (κ1) is 20.2. The fourth-order valence-electron chi connectivity index (χ4n) is 2.25. The van der Waals surface area contributed by atoms with Gasteiger partial charge in [-0.05, 0) is 50.6 Å². The van der Waals surface area contributed by atoms with Gasteiger partial charge in [0.05, 0.1) is 0 Å². The zero-order valence-corrected chi connectivity index (χ0v) is 15.4. The fraction of sp³-hybridized carbons (Fsp3) is 0.300. The highest BCUT2D eigenvalue weighted by molar-refractivity contribution is 5.80. The van der Waals surface area contributed by atoms with Gasteiger partial charge in [-0.1, -0.05) is 24.3 Å². The lowest BCUT2D eigenvalue weighted by Gasteiger charge is -2.22. The van der Waals surface area contributed by atoms with Gasteiger partial charge in [0.25, 0.3) is 0 Å². The van der Waals surface area contributed by atoms with Gasteiger partial charge in [0.1, 0.15) is 17.4 Å². The Bertz CT molecular complexity index is 802. The summed E-state index contributed by atoms with van der Waals surface area (Å²) >= 11 is 0. The van der Waals surface area contributed by atoms with E-state index >= 15 is 0 Å². The Kier molecular flexibility index (Phi) is 6.39. The van der Waals surface area contributed by atoms with Crippen LogP contribution in [0.15, 0.2) is 48.5 Å². The number of alkyl carbamates (subject to hydrolysis) is 1. The highest BCUT2D eigenvalue weighted by Gasteiger charge is 2.24. The van der Waals surface area contributed by atoms with Gasteiger partial charge >= 0.3 is 12.1 Å². The zero-order chi connectivity index (χ0) is 20.0. The number of carbonyl (C=O) groups excluding carboxylic acids is 1. The molecule has 0 aliphatic carbocycles. The summed E-state index contributed by atoms with van der Waals surface area (Å²) in [4.78, 5) is 23.3. The smallest absolute Gasteiger partial charge is 0.408 e. The van der Waals surface area contributed by atoms with Crippen molar-refractivity contribution in [2.45, 2.75) is 38.8 Å². The topological polar surface area (TPSA) is 84.9 Å². The van der Waals surface area contributed by atoms with Crippen LogP contribution in [0.4, 0.5) is 9.18 Å². The minimum Gasteiger partial charge on any atom is -0.480 e. The van der Waals surface area contributed by atoms with E-state index in [0.29, 0.717) is 11.3 Å². The van der Waals surface area contributed by atoms with Gasteiger partial charge in [-0.3, -0.25) is 0 Å². The van der Waals surface area contributed by atoms with Crippen LogP contribution >= 0.6 is 0 Å². The second-order valence-corrected chi connectivity index (χ2v) is 6.92. The molecule has 0 radical (unpaired) electrons. The molecule has 2 aromatic rings. The average Bonchev–Trinajstić information content (AvgIpc) is 2.56. The molecule has 1 amide bonds. The van der Waals surface area contributed by atoms with Gasteiger partial charge in [-0.2, -0.15) is 0 Å². The predicted molar refractivity (Wildman–Crippen MR) is 97.4 cm³/mol. The number of carbonyl (C=O) groups is 2. The van der Waals surface area contributed by atoms with Crippen LogP contribution in [0.5, 0.6) is 11.5 Å². The number of carboxylic acids is 1. The summed E-state index contributed by atoms with van der Waals surface area (Å²) in [6, 6.07) is 11.5. The molecule has 1 atom stereocenters. The number of nitrogens with one attached hydrogen (secondary N) is 1. The van der Waals surface area contributed by atoms with Crippen LogP contribution in [0.1, 0.15) is 26.3 Å². The summed E-state index contributed by atoms with van der Waals surface area (Å²) in [5.41, 5.74) is -0.259. The number of hydrogen-bond donors (Lipinski definition) is 2. The molecule has 7 heteroatoms. The number of benzene rings is 2. The van der Waals surface area contributed by atoms with E-state index in [1.54, 1.807) is 51.1 Å². The summed E-state index contributed by atoms with van der Waals surface area (Å²) in [6.07, 6.45) is -0.891. The van der Waals surface area contributed by atoms with Crippen molar-refractivity contribution in [1.29, 1.82) is 0 Å². The maximum Gasteiger partial charge on any atom is 0.408 e. The van der Waals surface area contributed by atoms with Gasteiger partial charge in [-0.25, -0.2) is 14.0 Å². The van der Waals surface area contributed by atoms with Crippen LogP contribution < -0.4 is 10.1 Å². The fourth-order valence-corrected chi connectivity index (χ4v) is 2.25. The van der Waals surface area contributed by atoms with Crippen LogP contribution in [0.3, 0.4) is 0 Å². The molecule has 0 aromatic heterocycles. The molecule has 0 aliphatic heterocycles. The number of hydrogen-bond acceptors (Lipinski definition) is 4. The molecular weight excluding hydrogens is 353 g/mol. The minimum absolute atomic E-state index is 0.0277. The Balaban J connectivity index is 2.12. The van der Waals surface area contributed by atoms with Gasteiger partial charge < -0.3 is 19.9 Å². The van der Waals surface area contributed by atoms with Crippen molar-refractivity contribution < 1.29 is 28.6 Å². The molecule has 144 valence electrons. The van der Waals surface area contributed by atoms with Crippen LogP contribution in [0.25, 0.3) is 0 Å². The molecule has 0 heterocycles. The summed E-state index contributed by atoms with van der Waals surface area (Å²) < 4.78 is 24.6. The van der Waals surface area contributed by atoms with Crippen molar-refractivity contribution in [2.75, 3.05) is 0 Å². The third-order valence-corrected chi connectivity index (χ3v) is 3.40. The van der Waals surface area contributed by atoms with Crippen molar-refractivity contribution in [2.24, 2.45) is 0 Å². The minimum atomic E-state index is -1.23. The molecule has 0 saturated carbocycles. The molecular formula is C20H22FNO5. The summed E-state index contributed by atoms with van der Waals surface area (Å²) in [7, 11) is 0. The van der Waals surface area contributed by atoms with E-state index in [0.717, 1.165) is 0 Å². The monoisotopic (exact) mass is 375 g/mol. The highest BCUT2D eigenvalue weighted by Crippen LogP contribution is 2.26. The molecule has 0 saturated heterocycles. The van der Waals surface area contributed by atoms with Gasteiger partial charge in [-0.15, -0.1) is 0 Å². The van der Waals surface area contributed by atoms with Gasteiger partial charge in [0.2, 0.25) is 0 Å². The third-order valence-electron chi connectivity index (χ3n) is 3.40. The molecule has 1 unspecified atom stereocenters. The number of para-hydroxylation sites is 1. The Morgan fingerprint density at radius 2 is 1.81 bits per heavy atom. The number of aliphatic carboxylic acids is 1. The van der Waals surface area contributed by atoms with Gasteiger partial charge in [0.15, 0.2) is 11.6 Å². The Hall–Kier alpha value is -3.09. The van der Waals surface area contributed by atoms with Gasteiger partial charge in [0, 0.05) is 6.42 Å². The summed E-state index contributed by atoms with van der Waals surface area (Å²) in [5, 5.41) is 11.7. The lowest BCUT2D eigenvalue weighted by Crippen LogP contribution is -2.44. The van der Waals surface area contributed by atoms with Crippen molar-refractivity contribution in [3.05, 3.63) is 59.9 Å². The van der Waals surface area contributed by atoms with Crippen LogP contribution in [-0.2, 0) is 16.0 Å². The number of halogens is 1. The van der Waals surface area contributed by atoms with Crippen LogP contribution in [0, 0.1) is 5.82 Å². The summed E-state index contributed by atoms with van der Waals surface area (Å²) in [6.45, 7) is 5.03.